The Morgan fingerprint density at radius 2 is 1.92 bits per heavy atom. The number of methoxy groups -OCH3 is 1. The van der Waals surface area contributed by atoms with Gasteiger partial charge < -0.3 is 19.4 Å². The lowest BCUT2D eigenvalue weighted by molar-refractivity contribution is -0.115. The fourth-order valence-electron chi connectivity index (χ4n) is 2.93. The molecule has 120 valence electrons. The van der Waals surface area contributed by atoms with Crippen LogP contribution in [0.1, 0.15) is 0 Å². The zero-order valence-electron chi connectivity index (χ0n) is 12.9. The van der Waals surface area contributed by atoms with E-state index in [0.29, 0.717) is 22.7 Å². The molecule has 1 N–H and O–H groups in total. The monoisotopic (exact) mass is 322 g/mol. The first-order valence-corrected chi connectivity index (χ1v) is 7.44. The molecule has 0 atom stereocenters. The number of hydrogen-bond donors (Lipinski definition) is 1. The Morgan fingerprint density at radius 1 is 1.08 bits per heavy atom. The predicted octanol–water partition coefficient (Wildman–Crippen LogP) is 2.89. The number of ether oxygens (including phenoxy) is 1. The van der Waals surface area contributed by atoms with Crippen molar-refractivity contribution < 1.29 is 13.9 Å². The number of nitrogens with one attached hydrogen (secondary N) is 1. The second kappa shape index (κ2) is 5.42. The molecule has 1 aromatic heterocycles. The Hall–Kier alpha value is -3.28. The van der Waals surface area contributed by atoms with E-state index in [1.807, 2.05) is 29.2 Å². The van der Waals surface area contributed by atoms with E-state index < -0.39 is 5.63 Å². The third-order valence-corrected chi connectivity index (χ3v) is 3.99. The van der Waals surface area contributed by atoms with Crippen LogP contribution in [0, 0.1) is 0 Å². The number of carbonyl (C=O) groups is 1. The molecule has 0 unspecified atom stereocenters. The number of carbonyl (C=O) groups excluding carboxylic acids is 1. The molecule has 1 aliphatic heterocycles. The molecule has 2 heterocycles. The number of rotatable bonds is 2. The molecule has 4 rings (SSSR count). The van der Waals surface area contributed by atoms with Crippen molar-refractivity contribution >= 4 is 33.9 Å². The molecule has 3 aromatic rings. The second-order valence-corrected chi connectivity index (χ2v) is 5.46. The molecule has 0 spiro atoms. The van der Waals surface area contributed by atoms with Crippen LogP contribution in [0.15, 0.2) is 57.7 Å². The first-order chi connectivity index (χ1) is 11.7. The maximum Gasteiger partial charge on any atom is 0.338 e. The van der Waals surface area contributed by atoms with Crippen LogP contribution >= 0.6 is 0 Å². The lowest BCUT2D eigenvalue weighted by atomic mass is 10.1. The quantitative estimate of drug-likeness (QED) is 0.735. The number of anilines is 3. The Labute approximate surface area is 137 Å². The van der Waals surface area contributed by atoms with Gasteiger partial charge in [-0.2, -0.15) is 0 Å². The van der Waals surface area contributed by atoms with Gasteiger partial charge in [0.05, 0.1) is 24.2 Å². The largest absolute Gasteiger partial charge is 0.497 e. The molecule has 24 heavy (non-hydrogen) atoms. The second-order valence-electron chi connectivity index (χ2n) is 5.46. The Kier molecular flexibility index (Phi) is 3.23. The summed E-state index contributed by atoms with van der Waals surface area (Å²) in [6.07, 6.45) is 0. The number of amides is 1. The van der Waals surface area contributed by atoms with Crippen molar-refractivity contribution in [2.24, 2.45) is 0 Å². The molecule has 0 saturated carbocycles. The van der Waals surface area contributed by atoms with Crippen LogP contribution in [0.25, 0.3) is 11.0 Å². The third kappa shape index (κ3) is 2.28. The lowest BCUT2D eigenvalue weighted by Crippen LogP contribution is -2.35. The Bertz CT molecular complexity index is 1010. The minimum atomic E-state index is -0.454. The highest BCUT2D eigenvalue weighted by molar-refractivity contribution is 6.06. The molecule has 0 radical (unpaired) electrons. The van der Waals surface area contributed by atoms with Crippen molar-refractivity contribution in [3.8, 4) is 5.75 Å². The van der Waals surface area contributed by atoms with Crippen molar-refractivity contribution in [1.29, 1.82) is 0 Å². The summed E-state index contributed by atoms with van der Waals surface area (Å²) < 4.78 is 10.5. The van der Waals surface area contributed by atoms with E-state index >= 15 is 0 Å². The molecule has 1 aliphatic rings. The van der Waals surface area contributed by atoms with Crippen LogP contribution in [0.3, 0.4) is 0 Å². The van der Waals surface area contributed by atoms with Gasteiger partial charge in [0.1, 0.15) is 17.9 Å². The van der Waals surface area contributed by atoms with Crippen molar-refractivity contribution in [1.82, 2.24) is 0 Å². The normalized spacial score (nSPS) is 13.5. The van der Waals surface area contributed by atoms with E-state index in [2.05, 4.69) is 5.32 Å². The average Bonchev–Trinajstić information content (AvgIpc) is 2.59. The van der Waals surface area contributed by atoms with E-state index in [1.165, 1.54) is 6.07 Å². The van der Waals surface area contributed by atoms with Crippen LogP contribution in [0.2, 0.25) is 0 Å². The van der Waals surface area contributed by atoms with Gasteiger partial charge in [0.25, 0.3) is 0 Å². The fraction of sp³-hybridized carbons (Fsp3) is 0.111. The molecule has 1 amide bonds. The highest BCUT2D eigenvalue weighted by atomic mass is 16.5. The average molecular weight is 322 g/mol. The first-order valence-electron chi connectivity index (χ1n) is 7.44. The minimum absolute atomic E-state index is 0.118. The summed E-state index contributed by atoms with van der Waals surface area (Å²) in [5, 5.41) is 3.61. The molecular formula is C18H14N2O4. The van der Waals surface area contributed by atoms with Crippen LogP contribution in [0.5, 0.6) is 5.75 Å². The molecule has 0 bridgehead atoms. The van der Waals surface area contributed by atoms with Crippen molar-refractivity contribution in [2.45, 2.75) is 0 Å². The van der Waals surface area contributed by atoms with E-state index in [-0.39, 0.29) is 12.5 Å². The number of hydrogen-bond acceptors (Lipinski definition) is 5. The molecule has 2 aromatic carbocycles. The van der Waals surface area contributed by atoms with Crippen LogP contribution in [-0.4, -0.2) is 19.6 Å². The van der Waals surface area contributed by atoms with Gasteiger partial charge in [0.15, 0.2) is 0 Å². The Morgan fingerprint density at radius 3 is 2.75 bits per heavy atom. The third-order valence-electron chi connectivity index (χ3n) is 3.99. The van der Waals surface area contributed by atoms with Crippen molar-refractivity contribution in [2.75, 3.05) is 23.9 Å². The van der Waals surface area contributed by atoms with Crippen LogP contribution in [0.4, 0.5) is 17.1 Å². The molecule has 0 aliphatic carbocycles. The number of nitrogens with zero attached hydrogens (tertiary/aromatic N) is 1. The number of fused-ring (bicyclic) bond motifs is 2. The van der Waals surface area contributed by atoms with E-state index in [4.69, 9.17) is 9.15 Å². The predicted molar refractivity (Wildman–Crippen MR) is 91.1 cm³/mol. The summed E-state index contributed by atoms with van der Waals surface area (Å²) in [5.41, 5.74) is 2.11. The molecular weight excluding hydrogens is 308 g/mol. The summed E-state index contributed by atoms with van der Waals surface area (Å²) in [7, 11) is 1.57. The summed E-state index contributed by atoms with van der Waals surface area (Å²) in [6.45, 7) is 0.118. The first kappa shape index (κ1) is 14.3. The smallest absolute Gasteiger partial charge is 0.338 e. The van der Waals surface area contributed by atoms with Gasteiger partial charge in [0.2, 0.25) is 5.91 Å². The number of benzene rings is 2. The lowest BCUT2D eigenvalue weighted by Gasteiger charge is -2.31. The van der Waals surface area contributed by atoms with Gasteiger partial charge in [-0.1, -0.05) is 12.1 Å². The number of para-hydroxylation sites is 1. The van der Waals surface area contributed by atoms with Gasteiger partial charge >= 0.3 is 5.63 Å². The summed E-state index contributed by atoms with van der Waals surface area (Å²) in [5.74, 6) is 0.487. The van der Waals surface area contributed by atoms with Crippen LogP contribution in [-0.2, 0) is 4.79 Å². The van der Waals surface area contributed by atoms with E-state index in [0.717, 1.165) is 11.1 Å². The van der Waals surface area contributed by atoms with Gasteiger partial charge in [-0.05, 0) is 24.3 Å². The zero-order valence-corrected chi connectivity index (χ0v) is 12.9. The fourth-order valence-corrected chi connectivity index (χ4v) is 2.93. The van der Waals surface area contributed by atoms with Crippen LogP contribution < -0.4 is 20.6 Å². The van der Waals surface area contributed by atoms with Gasteiger partial charge in [-0.3, -0.25) is 4.79 Å². The maximum absolute atomic E-state index is 12.1. The highest BCUT2D eigenvalue weighted by Gasteiger charge is 2.25. The molecule has 6 heteroatoms. The van der Waals surface area contributed by atoms with Gasteiger partial charge in [-0.25, -0.2) is 4.79 Å². The Balaban J connectivity index is 1.95. The summed E-state index contributed by atoms with van der Waals surface area (Å²) in [6, 6.07) is 14.1. The minimum Gasteiger partial charge on any atom is -0.497 e. The SMILES string of the molecule is COc1ccc2c(c1)NC(=O)CN2c1cc(=O)oc2ccccc12. The maximum atomic E-state index is 12.1. The summed E-state index contributed by atoms with van der Waals surface area (Å²) in [4.78, 5) is 25.9. The van der Waals surface area contributed by atoms with E-state index in [9.17, 15) is 9.59 Å². The molecule has 0 fully saturated rings. The molecule has 0 saturated heterocycles. The zero-order chi connectivity index (χ0) is 16.7. The van der Waals surface area contributed by atoms with Crippen molar-refractivity contribution in [3.63, 3.8) is 0 Å². The van der Waals surface area contributed by atoms with Crippen molar-refractivity contribution in [3.05, 3.63) is 59.0 Å². The van der Waals surface area contributed by atoms with Gasteiger partial charge in [-0.15, -0.1) is 0 Å². The van der Waals surface area contributed by atoms with E-state index in [1.54, 1.807) is 25.3 Å². The summed E-state index contributed by atoms with van der Waals surface area (Å²) >= 11 is 0. The standard InChI is InChI=1S/C18H14N2O4/c1-23-11-6-7-14-13(8-11)19-17(21)10-20(14)15-9-18(22)24-16-5-3-2-4-12(15)16/h2-9H,10H2,1H3,(H,19,21). The van der Waals surface area contributed by atoms with Gasteiger partial charge in [0, 0.05) is 17.5 Å². The highest BCUT2D eigenvalue weighted by Crippen LogP contribution is 2.39. The molecule has 6 nitrogen and oxygen atoms in total. The topological polar surface area (TPSA) is 71.8 Å².